The minimum atomic E-state index is -2.66. The van der Waals surface area contributed by atoms with Crippen LogP contribution in [0.25, 0.3) is 0 Å². The number of carbonyl (C=O) groups is 1. The van der Waals surface area contributed by atoms with Crippen molar-refractivity contribution >= 4 is 14.2 Å². The molecule has 0 amide bonds. The van der Waals surface area contributed by atoms with Crippen molar-refractivity contribution in [2.24, 2.45) is 0 Å². The SMILES string of the molecule is CCCCCCCCCCCCCCCC(=O)OCC(CO[P+](=O)O)OC. The summed E-state index contributed by atoms with van der Waals surface area (Å²) in [5.74, 6) is -0.256. The molecule has 6 nitrogen and oxygen atoms in total. The zero-order chi connectivity index (χ0) is 20.2. The van der Waals surface area contributed by atoms with Crippen molar-refractivity contribution in [3.05, 3.63) is 0 Å². The van der Waals surface area contributed by atoms with Crippen LogP contribution in [0.4, 0.5) is 0 Å². The zero-order valence-electron chi connectivity index (χ0n) is 17.3. The van der Waals surface area contributed by atoms with Crippen molar-refractivity contribution in [1.29, 1.82) is 0 Å². The van der Waals surface area contributed by atoms with Crippen molar-refractivity contribution < 1.29 is 28.3 Å². The smallest absolute Gasteiger partial charge is 0.463 e. The molecule has 0 fully saturated rings. The second kappa shape index (κ2) is 20.2. The lowest BCUT2D eigenvalue weighted by Crippen LogP contribution is -2.25. The van der Waals surface area contributed by atoms with Gasteiger partial charge in [0.05, 0.1) is 0 Å². The third kappa shape index (κ3) is 20.0. The molecule has 0 bridgehead atoms. The van der Waals surface area contributed by atoms with E-state index < -0.39 is 14.4 Å². The molecule has 2 atom stereocenters. The van der Waals surface area contributed by atoms with Gasteiger partial charge in [0.25, 0.3) is 0 Å². The number of unbranched alkanes of at least 4 members (excludes halogenated alkanes) is 12. The van der Waals surface area contributed by atoms with Crippen LogP contribution in [0.5, 0.6) is 0 Å². The summed E-state index contributed by atoms with van der Waals surface area (Å²) >= 11 is 0. The Morgan fingerprint density at radius 1 is 0.852 bits per heavy atom. The minimum absolute atomic E-state index is 0.0386. The van der Waals surface area contributed by atoms with Gasteiger partial charge in [-0.1, -0.05) is 84.0 Å². The summed E-state index contributed by atoms with van der Waals surface area (Å²) in [6.07, 6.45) is 16.4. The fourth-order valence-electron chi connectivity index (χ4n) is 2.88. The molecular formula is C20H40O6P+. The van der Waals surface area contributed by atoms with Gasteiger partial charge < -0.3 is 9.47 Å². The predicted octanol–water partition coefficient (Wildman–Crippen LogP) is 5.69. The summed E-state index contributed by atoms with van der Waals surface area (Å²) < 4.78 is 25.2. The molecule has 7 heteroatoms. The van der Waals surface area contributed by atoms with Gasteiger partial charge >= 0.3 is 14.2 Å². The number of ether oxygens (including phenoxy) is 2. The van der Waals surface area contributed by atoms with Crippen LogP contribution in [0.15, 0.2) is 0 Å². The van der Waals surface area contributed by atoms with E-state index in [1.165, 1.54) is 77.7 Å². The molecule has 0 radical (unpaired) electrons. The molecule has 160 valence electrons. The molecule has 0 aromatic heterocycles. The summed E-state index contributed by atoms with van der Waals surface area (Å²) in [5.41, 5.74) is 0. The summed E-state index contributed by atoms with van der Waals surface area (Å²) in [7, 11) is -1.22. The Morgan fingerprint density at radius 3 is 1.78 bits per heavy atom. The first-order valence-electron chi connectivity index (χ1n) is 10.6. The van der Waals surface area contributed by atoms with E-state index in [1.807, 2.05) is 0 Å². The third-order valence-electron chi connectivity index (χ3n) is 4.62. The van der Waals surface area contributed by atoms with E-state index in [2.05, 4.69) is 11.4 Å². The molecule has 0 aromatic carbocycles. The van der Waals surface area contributed by atoms with Crippen LogP contribution in [0, 0.1) is 0 Å². The molecule has 0 rings (SSSR count). The fourth-order valence-corrected chi connectivity index (χ4v) is 3.17. The van der Waals surface area contributed by atoms with Crippen LogP contribution in [0.2, 0.25) is 0 Å². The topological polar surface area (TPSA) is 82.1 Å². The first kappa shape index (κ1) is 26.4. The fraction of sp³-hybridized carbons (Fsp3) is 0.950. The highest BCUT2D eigenvalue weighted by atomic mass is 31.1. The first-order valence-corrected chi connectivity index (χ1v) is 11.7. The number of carbonyl (C=O) groups excluding carboxylic acids is 1. The second-order valence-corrected chi connectivity index (χ2v) is 7.80. The number of hydrogen-bond donors (Lipinski definition) is 1. The van der Waals surface area contributed by atoms with E-state index in [0.29, 0.717) is 6.42 Å². The van der Waals surface area contributed by atoms with E-state index in [-0.39, 0.29) is 19.2 Å². The maximum Gasteiger partial charge on any atom is 0.694 e. The Labute approximate surface area is 166 Å². The molecule has 0 aromatic rings. The van der Waals surface area contributed by atoms with Gasteiger partial charge in [0, 0.05) is 18.1 Å². The predicted molar refractivity (Wildman–Crippen MR) is 108 cm³/mol. The molecule has 0 saturated heterocycles. The van der Waals surface area contributed by atoms with Crippen LogP contribution in [0.1, 0.15) is 96.8 Å². The standard InChI is InChI=1S/C20H39O6P/c1-3-4-5-6-7-8-9-10-11-12-13-14-15-16-20(21)25-17-19(24-2)18-26-27(22)23/h19H,3-18H2,1-2H3/p+1. The van der Waals surface area contributed by atoms with Gasteiger partial charge in [-0.15, -0.1) is 9.42 Å². The average Bonchev–Trinajstić information content (AvgIpc) is 2.65. The maximum absolute atomic E-state index is 11.7. The highest BCUT2D eigenvalue weighted by molar-refractivity contribution is 7.32. The molecule has 0 aliphatic carbocycles. The molecule has 0 heterocycles. The normalized spacial score (nSPS) is 12.8. The number of hydrogen-bond acceptors (Lipinski definition) is 5. The summed E-state index contributed by atoms with van der Waals surface area (Å²) in [6, 6.07) is 0. The second-order valence-electron chi connectivity index (χ2n) is 7.07. The number of esters is 1. The summed E-state index contributed by atoms with van der Waals surface area (Å²) in [5, 5.41) is 0. The lowest BCUT2D eigenvalue weighted by Gasteiger charge is -2.12. The summed E-state index contributed by atoms with van der Waals surface area (Å²) in [6.45, 7) is 2.21. The molecule has 0 spiro atoms. The van der Waals surface area contributed by atoms with Gasteiger partial charge in [-0.3, -0.25) is 4.79 Å². The van der Waals surface area contributed by atoms with E-state index in [0.717, 1.165) is 12.8 Å². The van der Waals surface area contributed by atoms with E-state index >= 15 is 0 Å². The quantitative estimate of drug-likeness (QED) is 0.159. The lowest BCUT2D eigenvalue weighted by atomic mass is 10.0. The Morgan fingerprint density at radius 2 is 1.33 bits per heavy atom. The van der Waals surface area contributed by atoms with E-state index in [1.54, 1.807) is 0 Å². The highest BCUT2D eigenvalue weighted by Crippen LogP contribution is 2.15. The van der Waals surface area contributed by atoms with Gasteiger partial charge in [0.15, 0.2) is 0 Å². The van der Waals surface area contributed by atoms with Crippen LogP contribution in [-0.4, -0.2) is 37.3 Å². The van der Waals surface area contributed by atoms with E-state index in [4.69, 9.17) is 14.4 Å². The lowest BCUT2D eigenvalue weighted by molar-refractivity contribution is -0.148. The van der Waals surface area contributed by atoms with Crippen molar-refractivity contribution in [2.75, 3.05) is 20.3 Å². The van der Waals surface area contributed by atoms with Gasteiger partial charge in [0.1, 0.15) is 19.3 Å². The van der Waals surface area contributed by atoms with Crippen LogP contribution < -0.4 is 0 Å². The zero-order valence-corrected chi connectivity index (χ0v) is 18.2. The van der Waals surface area contributed by atoms with Crippen molar-refractivity contribution in [3.8, 4) is 0 Å². The molecule has 2 unspecified atom stereocenters. The largest absolute Gasteiger partial charge is 0.694 e. The molecule has 1 N–H and O–H groups in total. The van der Waals surface area contributed by atoms with E-state index in [9.17, 15) is 9.36 Å². The summed E-state index contributed by atoms with van der Waals surface area (Å²) in [4.78, 5) is 20.3. The van der Waals surface area contributed by atoms with Gasteiger partial charge in [-0.2, -0.15) is 0 Å². The third-order valence-corrected chi connectivity index (χ3v) is 4.99. The van der Waals surface area contributed by atoms with Crippen molar-refractivity contribution in [2.45, 2.75) is 103 Å². The first-order chi connectivity index (χ1) is 13.1. The number of rotatable bonds is 20. The monoisotopic (exact) mass is 407 g/mol. The highest BCUT2D eigenvalue weighted by Gasteiger charge is 2.19. The van der Waals surface area contributed by atoms with Gasteiger partial charge in [-0.05, 0) is 6.42 Å². The molecular weight excluding hydrogens is 367 g/mol. The van der Waals surface area contributed by atoms with Crippen LogP contribution >= 0.6 is 8.25 Å². The average molecular weight is 408 g/mol. The molecule has 0 aliphatic rings. The van der Waals surface area contributed by atoms with Crippen LogP contribution in [0.3, 0.4) is 0 Å². The minimum Gasteiger partial charge on any atom is -0.463 e. The Kier molecular flexibility index (Phi) is 19.8. The van der Waals surface area contributed by atoms with Crippen molar-refractivity contribution in [1.82, 2.24) is 0 Å². The van der Waals surface area contributed by atoms with Gasteiger partial charge in [-0.25, -0.2) is 0 Å². The maximum atomic E-state index is 11.7. The van der Waals surface area contributed by atoms with Crippen molar-refractivity contribution in [3.63, 3.8) is 0 Å². The molecule has 27 heavy (non-hydrogen) atoms. The Bertz CT molecular complexity index is 364. The van der Waals surface area contributed by atoms with Crippen LogP contribution in [-0.2, 0) is 23.4 Å². The Hall–Kier alpha value is -0.550. The molecule has 0 saturated carbocycles. The number of methoxy groups -OCH3 is 1. The Balaban J connectivity index is 3.37. The van der Waals surface area contributed by atoms with Gasteiger partial charge in [0.2, 0.25) is 0 Å². The molecule has 0 aliphatic heterocycles.